The number of aromatic nitrogens is 1. The molecule has 2 N–H and O–H groups in total. The van der Waals surface area contributed by atoms with Gasteiger partial charge in [-0.1, -0.05) is 22.0 Å². The molecule has 0 radical (unpaired) electrons. The monoisotopic (exact) mass is 566 g/mol. The van der Waals surface area contributed by atoms with Gasteiger partial charge in [0, 0.05) is 34.8 Å². The van der Waals surface area contributed by atoms with Crippen LogP contribution in [-0.4, -0.2) is 71.2 Å². The molecule has 0 aliphatic carbocycles. The summed E-state index contributed by atoms with van der Waals surface area (Å²) in [7, 11) is 0. The zero-order valence-electron chi connectivity index (χ0n) is 19.0. The number of carboxylic acids is 1. The third-order valence-corrected chi connectivity index (χ3v) is 7.19. The summed E-state index contributed by atoms with van der Waals surface area (Å²) < 4.78 is 25.2. The van der Waals surface area contributed by atoms with Crippen molar-refractivity contribution in [3.8, 4) is 0 Å². The van der Waals surface area contributed by atoms with Crippen molar-refractivity contribution >= 4 is 45.0 Å². The van der Waals surface area contributed by atoms with E-state index >= 15 is 0 Å². The Bertz CT molecular complexity index is 1170. The van der Waals surface area contributed by atoms with Crippen molar-refractivity contribution in [2.75, 3.05) is 26.3 Å². The van der Waals surface area contributed by atoms with Crippen molar-refractivity contribution in [1.82, 2.24) is 15.2 Å². The Morgan fingerprint density at radius 2 is 2.23 bits per heavy atom. The number of carbonyl (C=O) groups is 2. The van der Waals surface area contributed by atoms with E-state index in [1.165, 1.54) is 23.5 Å². The maximum absolute atomic E-state index is 13.9. The Labute approximate surface area is 213 Å². The molecule has 4 rings (SSSR count). The molecule has 2 aliphatic rings. The molecule has 3 atom stereocenters. The minimum absolute atomic E-state index is 0.110. The number of rotatable bonds is 7. The first kappa shape index (κ1) is 25.4. The number of benzene rings is 1. The van der Waals surface area contributed by atoms with Crippen LogP contribution in [0.1, 0.15) is 30.5 Å². The maximum atomic E-state index is 13.9. The Hall–Kier alpha value is -2.67. The topological polar surface area (TPSA) is 113 Å². The van der Waals surface area contributed by atoms with E-state index in [2.05, 4.69) is 26.2 Å². The molecule has 9 nitrogen and oxygen atoms in total. The van der Waals surface area contributed by atoms with Crippen molar-refractivity contribution in [1.29, 1.82) is 0 Å². The second-order valence-electron chi connectivity index (χ2n) is 7.95. The highest BCUT2D eigenvalue weighted by atomic mass is 79.9. The number of nitrogens with one attached hydrogen (secondary N) is 1. The molecule has 2 aliphatic heterocycles. The van der Waals surface area contributed by atoms with Gasteiger partial charge in [-0.2, -0.15) is 0 Å². The summed E-state index contributed by atoms with van der Waals surface area (Å²) in [5.41, 5.74) is 1.24. The fourth-order valence-electron chi connectivity index (χ4n) is 4.19. The quantitative estimate of drug-likeness (QED) is 0.491. The number of nitrogens with zero attached hydrogens (tertiary/aromatic N) is 3. The molecular formula is C23H24BrFN4O5S. The molecule has 12 heteroatoms. The average molecular weight is 567 g/mol. The first-order chi connectivity index (χ1) is 16.8. The number of aliphatic carboxylic acids is 1. The molecule has 35 heavy (non-hydrogen) atoms. The lowest BCUT2D eigenvalue weighted by atomic mass is 9.95. The van der Waals surface area contributed by atoms with Gasteiger partial charge in [0.15, 0.2) is 10.8 Å². The van der Waals surface area contributed by atoms with Crippen LogP contribution < -0.4 is 5.32 Å². The van der Waals surface area contributed by atoms with Gasteiger partial charge in [-0.05, 0) is 31.5 Å². The molecule has 0 unspecified atom stereocenters. The van der Waals surface area contributed by atoms with Crippen LogP contribution in [0, 0.1) is 5.82 Å². The van der Waals surface area contributed by atoms with E-state index in [9.17, 15) is 19.1 Å². The number of halogens is 2. The van der Waals surface area contributed by atoms with Crippen LogP contribution in [0.2, 0.25) is 0 Å². The summed E-state index contributed by atoms with van der Waals surface area (Å²) in [5.74, 6) is -1.62. The number of morpholine rings is 1. The Morgan fingerprint density at radius 3 is 2.89 bits per heavy atom. The Balaban J connectivity index is 1.84. The smallest absolute Gasteiger partial charge is 0.338 e. The molecule has 3 heterocycles. The summed E-state index contributed by atoms with van der Waals surface area (Å²) in [5, 5.41) is 15.4. The fourth-order valence-corrected chi connectivity index (χ4v) is 5.34. The van der Waals surface area contributed by atoms with Crippen molar-refractivity contribution < 1.29 is 28.6 Å². The van der Waals surface area contributed by atoms with Crippen molar-refractivity contribution in [3.05, 3.63) is 61.9 Å². The van der Waals surface area contributed by atoms with Gasteiger partial charge < -0.3 is 19.9 Å². The SMILES string of the molecule is CCOC(=O)C1=C(CN2CCO[C@@H](C)[C@H]2C(=O)O)NC(c2nccs2)=N[C@H]1c1ccc(F)cc1Br. The van der Waals surface area contributed by atoms with Gasteiger partial charge >= 0.3 is 11.9 Å². The molecular weight excluding hydrogens is 543 g/mol. The summed E-state index contributed by atoms with van der Waals surface area (Å²) in [4.78, 5) is 36.1. The fraction of sp³-hybridized carbons (Fsp3) is 0.391. The van der Waals surface area contributed by atoms with Gasteiger partial charge in [0.2, 0.25) is 0 Å². The van der Waals surface area contributed by atoms with Gasteiger partial charge in [-0.15, -0.1) is 11.3 Å². The number of ether oxygens (including phenoxy) is 2. The normalized spacial score (nSPS) is 23.0. The van der Waals surface area contributed by atoms with Crippen molar-refractivity contribution in [2.24, 2.45) is 4.99 Å². The van der Waals surface area contributed by atoms with Crippen LogP contribution in [0.25, 0.3) is 0 Å². The lowest BCUT2D eigenvalue weighted by molar-refractivity contribution is -0.155. The molecule has 186 valence electrons. The average Bonchev–Trinajstić information content (AvgIpc) is 3.33. The van der Waals surface area contributed by atoms with E-state index in [4.69, 9.17) is 14.5 Å². The summed E-state index contributed by atoms with van der Waals surface area (Å²) >= 11 is 4.76. The largest absolute Gasteiger partial charge is 0.480 e. The second kappa shape index (κ2) is 10.9. The molecule has 0 spiro atoms. The minimum Gasteiger partial charge on any atom is -0.480 e. The number of hydrogen-bond acceptors (Lipinski definition) is 9. The van der Waals surface area contributed by atoms with E-state index in [1.54, 1.807) is 36.4 Å². The van der Waals surface area contributed by atoms with E-state index in [1.807, 2.05) is 0 Å². The lowest BCUT2D eigenvalue weighted by Crippen LogP contribution is -2.56. The van der Waals surface area contributed by atoms with Gasteiger partial charge in [-0.25, -0.2) is 14.2 Å². The van der Waals surface area contributed by atoms with Crippen LogP contribution in [0.3, 0.4) is 0 Å². The van der Waals surface area contributed by atoms with Gasteiger partial charge in [-0.3, -0.25) is 14.7 Å². The van der Waals surface area contributed by atoms with Crippen LogP contribution in [0.5, 0.6) is 0 Å². The van der Waals surface area contributed by atoms with E-state index < -0.39 is 35.9 Å². The van der Waals surface area contributed by atoms with Crippen LogP contribution in [-0.2, 0) is 19.1 Å². The highest BCUT2D eigenvalue weighted by molar-refractivity contribution is 9.10. The third-order valence-electron chi connectivity index (χ3n) is 5.72. The number of esters is 1. The predicted octanol–water partition coefficient (Wildman–Crippen LogP) is 3.13. The predicted molar refractivity (Wildman–Crippen MR) is 131 cm³/mol. The number of amidine groups is 1. The van der Waals surface area contributed by atoms with Gasteiger partial charge in [0.1, 0.15) is 17.9 Å². The number of carbonyl (C=O) groups excluding carboxylic acids is 1. The molecule has 0 bridgehead atoms. The van der Waals surface area contributed by atoms with Crippen LogP contribution >= 0.6 is 27.3 Å². The summed E-state index contributed by atoms with van der Waals surface area (Å²) in [6.07, 6.45) is 1.10. The number of thiazole rings is 1. The standard InChI is InChI=1S/C23H24BrFN4O5S/c1-3-33-23(32)17-16(11-29-7-8-34-12(2)19(29)22(30)31)27-20(21-26-6-9-35-21)28-18(17)14-5-4-13(25)10-15(14)24/h4-6,9-10,12,18-19H,3,7-8,11H2,1-2H3,(H,27,28)(H,30,31)/t12-,18-,19-/m0/s1. The number of hydrogen-bond donors (Lipinski definition) is 2. The molecule has 1 aromatic heterocycles. The van der Waals surface area contributed by atoms with E-state index in [0.29, 0.717) is 39.7 Å². The second-order valence-corrected chi connectivity index (χ2v) is 9.70. The van der Waals surface area contributed by atoms with E-state index in [-0.39, 0.29) is 18.7 Å². The Kier molecular flexibility index (Phi) is 7.95. The van der Waals surface area contributed by atoms with Crippen molar-refractivity contribution in [3.63, 3.8) is 0 Å². The summed E-state index contributed by atoms with van der Waals surface area (Å²) in [6, 6.07) is 2.43. The van der Waals surface area contributed by atoms with Crippen molar-refractivity contribution in [2.45, 2.75) is 32.0 Å². The molecule has 0 saturated carbocycles. The zero-order valence-corrected chi connectivity index (χ0v) is 21.4. The molecule has 0 amide bonds. The maximum Gasteiger partial charge on any atom is 0.338 e. The first-order valence-corrected chi connectivity index (χ1v) is 12.7. The third kappa shape index (κ3) is 5.45. The molecule has 1 fully saturated rings. The number of aliphatic imine (C=N–C) groups is 1. The first-order valence-electron chi connectivity index (χ1n) is 11.0. The van der Waals surface area contributed by atoms with E-state index in [0.717, 1.165) is 0 Å². The lowest BCUT2D eigenvalue weighted by Gasteiger charge is -2.38. The van der Waals surface area contributed by atoms with Crippen LogP contribution in [0.4, 0.5) is 4.39 Å². The highest BCUT2D eigenvalue weighted by Crippen LogP contribution is 2.37. The molecule has 1 aromatic carbocycles. The number of carboxylic acid groups (broad SMARTS) is 1. The molecule has 1 saturated heterocycles. The zero-order chi connectivity index (χ0) is 25.1. The summed E-state index contributed by atoms with van der Waals surface area (Å²) in [6.45, 7) is 4.37. The minimum atomic E-state index is -1.02. The van der Waals surface area contributed by atoms with Crippen LogP contribution in [0.15, 0.2) is 50.5 Å². The van der Waals surface area contributed by atoms with Gasteiger partial charge in [0.25, 0.3) is 0 Å². The molecule has 2 aromatic rings. The van der Waals surface area contributed by atoms with Gasteiger partial charge in [0.05, 0.1) is 24.9 Å². The highest BCUT2D eigenvalue weighted by Gasteiger charge is 2.39. The Morgan fingerprint density at radius 1 is 1.43 bits per heavy atom.